The molecule has 1 atom stereocenters. The van der Waals surface area contributed by atoms with E-state index in [2.05, 4.69) is 10.4 Å². The lowest BCUT2D eigenvalue weighted by Gasteiger charge is -2.14. The minimum atomic E-state index is -0.396. The molecular formula is C19H19N3O3. The first-order valence-corrected chi connectivity index (χ1v) is 8.23. The molecule has 0 bridgehead atoms. The Morgan fingerprint density at radius 2 is 2.04 bits per heavy atom. The van der Waals surface area contributed by atoms with Gasteiger partial charge in [-0.25, -0.2) is 0 Å². The molecule has 128 valence electrons. The van der Waals surface area contributed by atoms with Crippen molar-refractivity contribution in [1.29, 1.82) is 0 Å². The van der Waals surface area contributed by atoms with Crippen molar-refractivity contribution in [3.8, 4) is 11.5 Å². The molecule has 0 fully saturated rings. The number of hydrogen-bond donors (Lipinski definition) is 1. The Hall–Kier alpha value is -3.02. The van der Waals surface area contributed by atoms with Gasteiger partial charge in [-0.05, 0) is 37.6 Å². The van der Waals surface area contributed by atoms with E-state index >= 15 is 0 Å². The van der Waals surface area contributed by atoms with Crippen LogP contribution in [0, 0.1) is 6.92 Å². The van der Waals surface area contributed by atoms with Crippen LogP contribution in [0.15, 0.2) is 42.5 Å². The van der Waals surface area contributed by atoms with Crippen molar-refractivity contribution in [1.82, 2.24) is 15.1 Å². The Balaban J connectivity index is 1.49. The van der Waals surface area contributed by atoms with Crippen molar-refractivity contribution in [2.75, 3.05) is 6.79 Å². The quantitative estimate of drug-likeness (QED) is 0.795. The van der Waals surface area contributed by atoms with Gasteiger partial charge < -0.3 is 14.8 Å². The maximum Gasteiger partial charge on any atom is 0.244 e. The number of fused-ring (bicyclic) bond motifs is 2. The molecule has 4 rings (SSSR count). The number of carbonyl (C=O) groups is 1. The smallest absolute Gasteiger partial charge is 0.244 e. The van der Waals surface area contributed by atoms with E-state index in [1.807, 2.05) is 56.3 Å². The summed E-state index contributed by atoms with van der Waals surface area (Å²) >= 11 is 0. The number of amides is 1. The standard InChI is InChI=1S/C19H19N3O3/c1-12-15-5-3-4-6-16(15)22(21-12)13(2)19(23)20-10-14-7-8-17-18(9-14)25-11-24-17/h3-9,13H,10-11H2,1-2H3,(H,20,23). The van der Waals surface area contributed by atoms with E-state index in [-0.39, 0.29) is 12.7 Å². The number of benzene rings is 2. The molecule has 0 aliphatic carbocycles. The fourth-order valence-corrected chi connectivity index (χ4v) is 3.04. The molecule has 2 heterocycles. The molecule has 1 unspecified atom stereocenters. The van der Waals surface area contributed by atoms with Crippen LogP contribution in [-0.4, -0.2) is 22.5 Å². The summed E-state index contributed by atoms with van der Waals surface area (Å²) in [7, 11) is 0. The summed E-state index contributed by atoms with van der Waals surface area (Å²) in [4.78, 5) is 12.6. The van der Waals surface area contributed by atoms with E-state index < -0.39 is 6.04 Å². The Morgan fingerprint density at radius 3 is 2.92 bits per heavy atom. The highest BCUT2D eigenvalue weighted by atomic mass is 16.7. The maximum absolute atomic E-state index is 12.6. The van der Waals surface area contributed by atoms with Crippen molar-refractivity contribution >= 4 is 16.8 Å². The zero-order valence-corrected chi connectivity index (χ0v) is 14.2. The Morgan fingerprint density at radius 1 is 1.24 bits per heavy atom. The Kier molecular flexibility index (Phi) is 3.80. The van der Waals surface area contributed by atoms with Crippen LogP contribution in [0.3, 0.4) is 0 Å². The van der Waals surface area contributed by atoms with Crippen LogP contribution in [0.1, 0.15) is 24.2 Å². The molecule has 6 nitrogen and oxygen atoms in total. The second-order valence-corrected chi connectivity index (χ2v) is 6.13. The normalized spacial score (nSPS) is 13.8. The van der Waals surface area contributed by atoms with E-state index in [9.17, 15) is 4.79 Å². The molecule has 25 heavy (non-hydrogen) atoms. The number of nitrogens with zero attached hydrogens (tertiary/aromatic N) is 2. The summed E-state index contributed by atoms with van der Waals surface area (Å²) in [5, 5.41) is 8.57. The lowest BCUT2D eigenvalue weighted by atomic mass is 10.2. The number of aromatic nitrogens is 2. The number of ether oxygens (including phenoxy) is 2. The van der Waals surface area contributed by atoms with Crippen molar-refractivity contribution in [3.05, 3.63) is 53.7 Å². The third kappa shape index (κ3) is 2.80. The van der Waals surface area contributed by atoms with Gasteiger partial charge in [0, 0.05) is 11.9 Å². The average molecular weight is 337 g/mol. The minimum absolute atomic E-state index is 0.0779. The molecule has 2 aromatic carbocycles. The van der Waals surface area contributed by atoms with Gasteiger partial charge in [0.2, 0.25) is 12.7 Å². The van der Waals surface area contributed by atoms with E-state index in [1.165, 1.54) is 0 Å². The SMILES string of the molecule is Cc1nn(C(C)C(=O)NCc2ccc3c(c2)OCO3)c2ccccc12. The molecule has 1 N–H and O–H groups in total. The van der Waals surface area contributed by atoms with Gasteiger partial charge in [-0.3, -0.25) is 9.48 Å². The van der Waals surface area contributed by atoms with Crippen LogP contribution in [0.2, 0.25) is 0 Å². The van der Waals surface area contributed by atoms with Crippen LogP contribution in [-0.2, 0) is 11.3 Å². The van der Waals surface area contributed by atoms with Crippen molar-refractivity contribution in [2.24, 2.45) is 0 Å². The van der Waals surface area contributed by atoms with Gasteiger partial charge in [0.05, 0.1) is 11.2 Å². The monoisotopic (exact) mass is 337 g/mol. The van der Waals surface area contributed by atoms with Gasteiger partial charge in [0.1, 0.15) is 6.04 Å². The third-order valence-electron chi connectivity index (χ3n) is 4.45. The molecule has 0 saturated carbocycles. The molecule has 3 aromatic rings. The maximum atomic E-state index is 12.6. The second-order valence-electron chi connectivity index (χ2n) is 6.13. The van der Waals surface area contributed by atoms with Gasteiger partial charge in [-0.1, -0.05) is 24.3 Å². The third-order valence-corrected chi connectivity index (χ3v) is 4.45. The minimum Gasteiger partial charge on any atom is -0.454 e. The summed E-state index contributed by atoms with van der Waals surface area (Å²) in [5.74, 6) is 1.38. The van der Waals surface area contributed by atoms with Gasteiger partial charge in [0.15, 0.2) is 11.5 Å². The fraction of sp³-hybridized carbons (Fsp3) is 0.263. The molecular weight excluding hydrogens is 318 g/mol. The van der Waals surface area contributed by atoms with Gasteiger partial charge in [-0.15, -0.1) is 0 Å². The lowest BCUT2D eigenvalue weighted by molar-refractivity contribution is -0.124. The van der Waals surface area contributed by atoms with Crippen molar-refractivity contribution in [2.45, 2.75) is 26.4 Å². The first-order valence-electron chi connectivity index (χ1n) is 8.23. The topological polar surface area (TPSA) is 65.4 Å². The summed E-state index contributed by atoms with van der Waals surface area (Å²) in [5.41, 5.74) is 2.85. The highest BCUT2D eigenvalue weighted by Gasteiger charge is 2.19. The molecule has 0 saturated heterocycles. The van der Waals surface area contributed by atoms with Crippen LogP contribution in [0.25, 0.3) is 10.9 Å². The number of para-hydroxylation sites is 1. The van der Waals surface area contributed by atoms with E-state index in [1.54, 1.807) is 4.68 Å². The van der Waals surface area contributed by atoms with Crippen LogP contribution < -0.4 is 14.8 Å². The number of carbonyl (C=O) groups excluding carboxylic acids is 1. The predicted octanol–water partition coefficient (Wildman–Crippen LogP) is 2.95. The predicted molar refractivity (Wildman–Crippen MR) is 93.6 cm³/mol. The van der Waals surface area contributed by atoms with Gasteiger partial charge >= 0.3 is 0 Å². The summed E-state index contributed by atoms with van der Waals surface area (Å²) in [6.45, 7) is 4.48. The summed E-state index contributed by atoms with van der Waals surface area (Å²) in [6, 6.07) is 13.2. The Bertz CT molecular complexity index is 948. The number of nitrogens with one attached hydrogen (secondary N) is 1. The molecule has 6 heteroatoms. The highest BCUT2D eigenvalue weighted by Crippen LogP contribution is 2.32. The lowest BCUT2D eigenvalue weighted by Crippen LogP contribution is -2.31. The van der Waals surface area contributed by atoms with Crippen LogP contribution in [0.4, 0.5) is 0 Å². The van der Waals surface area contributed by atoms with Crippen LogP contribution in [0.5, 0.6) is 11.5 Å². The van der Waals surface area contributed by atoms with Crippen molar-refractivity contribution < 1.29 is 14.3 Å². The largest absolute Gasteiger partial charge is 0.454 e. The number of rotatable bonds is 4. The zero-order chi connectivity index (χ0) is 17.4. The first kappa shape index (κ1) is 15.5. The van der Waals surface area contributed by atoms with Crippen LogP contribution >= 0.6 is 0 Å². The van der Waals surface area contributed by atoms with Gasteiger partial charge in [0.25, 0.3) is 0 Å². The molecule has 0 radical (unpaired) electrons. The number of hydrogen-bond acceptors (Lipinski definition) is 4. The second kappa shape index (κ2) is 6.12. The summed E-state index contributed by atoms with van der Waals surface area (Å²) < 4.78 is 12.4. The average Bonchev–Trinajstić information content (AvgIpc) is 3.23. The van der Waals surface area contributed by atoms with E-state index in [0.717, 1.165) is 27.9 Å². The first-order chi connectivity index (χ1) is 12.1. The highest BCUT2D eigenvalue weighted by molar-refractivity contribution is 5.86. The molecule has 0 spiro atoms. The Labute approximate surface area is 145 Å². The zero-order valence-electron chi connectivity index (χ0n) is 14.2. The molecule has 1 aliphatic rings. The molecule has 1 aromatic heterocycles. The summed E-state index contributed by atoms with van der Waals surface area (Å²) in [6.07, 6.45) is 0. The van der Waals surface area contributed by atoms with Crippen molar-refractivity contribution in [3.63, 3.8) is 0 Å². The van der Waals surface area contributed by atoms with E-state index in [0.29, 0.717) is 12.3 Å². The van der Waals surface area contributed by atoms with Gasteiger partial charge in [-0.2, -0.15) is 5.10 Å². The molecule has 1 amide bonds. The number of aryl methyl sites for hydroxylation is 1. The van der Waals surface area contributed by atoms with E-state index in [4.69, 9.17) is 9.47 Å². The molecule has 1 aliphatic heterocycles. The fourth-order valence-electron chi connectivity index (χ4n) is 3.04.